The van der Waals surface area contributed by atoms with Crippen LogP contribution in [0.3, 0.4) is 0 Å². The number of carbonyl (C=O) groups excluding carboxylic acids is 2. The van der Waals surface area contributed by atoms with Crippen LogP contribution < -0.4 is 14.8 Å². The second-order valence-corrected chi connectivity index (χ2v) is 8.23. The average Bonchev–Trinajstić information content (AvgIpc) is 3.29. The van der Waals surface area contributed by atoms with Gasteiger partial charge in [0.25, 0.3) is 0 Å². The Balaban J connectivity index is 1.45. The molecular formula is C19H17N3O5S2. The Bertz CT molecular complexity index is 1130. The molecule has 0 atom stereocenters. The number of pyridine rings is 1. The number of esters is 1. The minimum Gasteiger partial charge on any atom is -0.465 e. The lowest BCUT2D eigenvalue weighted by molar-refractivity contribution is -0.113. The highest BCUT2D eigenvalue weighted by molar-refractivity contribution is 8.00. The van der Waals surface area contributed by atoms with E-state index < -0.39 is 5.97 Å². The number of nitrogens with zero attached hydrogens (tertiary/aromatic N) is 2. The van der Waals surface area contributed by atoms with E-state index in [0.717, 1.165) is 32.8 Å². The number of hydrogen-bond acceptors (Lipinski definition) is 9. The quantitative estimate of drug-likeness (QED) is 0.484. The van der Waals surface area contributed by atoms with Crippen molar-refractivity contribution in [2.75, 3.05) is 25.0 Å². The number of aryl methyl sites for hydroxylation is 2. The van der Waals surface area contributed by atoms with Crippen LogP contribution in [0.1, 0.15) is 20.9 Å². The van der Waals surface area contributed by atoms with Gasteiger partial charge in [-0.25, -0.2) is 14.8 Å². The van der Waals surface area contributed by atoms with Gasteiger partial charge in [-0.3, -0.25) is 4.79 Å². The number of thiazole rings is 1. The summed E-state index contributed by atoms with van der Waals surface area (Å²) in [5, 5.41) is 4.80. The molecule has 0 spiro atoms. The number of thioether (sulfide) groups is 1. The molecule has 8 nitrogen and oxygen atoms in total. The molecule has 1 aromatic carbocycles. The Morgan fingerprint density at radius 2 is 1.97 bits per heavy atom. The standard InChI is InChI=1S/C19H17N3O5S2/c1-9-4-11-5-13-14(27-8-26-13)6-12(11)21-17(9)28-7-15(23)22-19-20-10(2)16(29-19)18(24)25-3/h4-6H,7-8H2,1-3H3,(H,20,22,23). The van der Waals surface area contributed by atoms with Gasteiger partial charge in [-0.1, -0.05) is 23.1 Å². The van der Waals surface area contributed by atoms with Crippen LogP contribution >= 0.6 is 23.1 Å². The Morgan fingerprint density at radius 1 is 1.21 bits per heavy atom. The number of rotatable bonds is 5. The van der Waals surface area contributed by atoms with E-state index in [1.807, 2.05) is 25.1 Å². The van der Waals surface area contributed by atoms with Crippen LogP contribution in [0.25, 0.3) is 10.9 Å². The van der Waals surface area contributed by atoms with Crippen molar-refractivity contribution in [3.8, 4) is 11.5 Å². The van der Waals surface area contributed by atoms with Gasteiger partial charge in [0.15, 0.2) is 16.6 Å². The minimum absolute atomic E-state index is 0.163. The van der Waals surface area contributed by atoms with Gasteiger partial charge >= 0.3 is 5.97 Å². The molecule has 0 bridgehead atoms. The maximum atomic E-state index is 12.3. The molecule has 10 heteroatoms. The number of nitrogens with one attached hydrogen (secondary N) is 1. The predicted octanol–water partition coefficient (Wildman–Crippen LogP) is 3.55. The summed E-state index contributed by atoms with van der Waals surface area (Å²) in [6.45, 7) is 3.85. The zero-order chi connectivity index (χ0) is 20.5. The van der Waals surface area contributed by atoms with Gasteiger partial charge in [0.05, 0.1) is 24.1 Å². The van der Waals surface area contributed by atoms with Gasteiger partial charge in [0, 0.05) is 11.5 Å². The summed E-state index contributed by atoms with van der Waals surface area (Å²) in [6.07, 6.45) is 0. The number of methoxy groups -OCH3 is 1. The molecule has 1 aliphatic heterocycles. The van der Waals surface area contributed by atoms with Crippen LogP contribution in [0.4, 0.5) is 5.13 Å². The lowest BCUT2D eigenvalue weighted by Crippen LogP contribution is -2.14. The maximum absolute atomic E-state index is 12.3. The Kier molecular flexibility index (Phi) is 5.29. The molecule has 150 valence electrons. The smallest absolute Gasteiger partial charge is 0.350 e. The molecule has 0 radical (unpaired) electrons. The molecule has 0 saturated carbocycles. The van der Waals surface area contributed by atoms with E-state index in [0.29, 0.717) is 27.2 Å². The number of ether oxygens (including phenoxy) is 3. The fourth-order valence-electron chi connectivity index (χ4n) is 2.82. The topological polar surface area (TPSA) is 99.6 Å². The first-order valence-corrected chi connectivity index (χ1v) is 10.4. The molecule has 1 amide bonds. The first-order valence-electron chi connectivity index (χ1n) is 8.64. The summed E-state index contributed by atoms with van der Waals surface area (Å²) in [7, 11) is 1.31. The molecule has 29 heavy (non-hydrogen) atoms. The lowest BCUT2D eigenvalue weighted by Gasteiger charge is -2.08. The van der Waals surface area contributed by atoms with Crippen LogP contribution in [-0.4, -0.2) is 41.5 Å². The number of fused-ring (bicyclic) bond motifs is 2. The predicted molar refractivity (Wildman–Crippen MR) is 110 cm³/mol. The van der Waals surface area contributed by atoms with Gasteiger partial charge < -0.3 is 19.5 Å². The third-order valence-corrected chi connectivity index (χ3v) is 6.35. The van der Waals surface area contributed by atoms with Crippen molar-refractivity contribution >= 4 is 51.0 Å². The van der Waals surface area contributed by atoms with Crippen LogP contribution in [0.2, 0.25) is 0 Å². The molecule has 2 aromatic heterocycles. The molecule has 1 N–H and O–H groups in total. The van der Waals surface area contributed by atoms with Crippen molar-refractivity contribution in [3.63, 3.8) is 0 Å². The third kappa shape index (κ3) is 3.99. The van der Waals surface area contributed by atoms with E-state index in [-0.39, 0.29) is 18.5 Å². The number of amides is 1. The molecule has 1 aliphatic rings. The SMILES string of the molecule is COC(=O)c1sc(NC(=O)CSc2nc3cc4c(cc3cc2C)OCO4)nc1C. The molecule has 3 aromatic rings. The average molecular weight is 431 g/mol. The van der Waals surface area contributed by atoms with Crippen LogP contribution in [0, 0.1) is 13.8 Å². The highest BCUT2D eigenvalue weighted by Crippen LogP contribution is 2.37. The van der Waals surface area contributed by atoms with Crippen LogP contribution in [-0.2, 0) is 9.53 Å². The van der Waals surface area contributed by atoms with E-state index in [4.69, 9.17) is 14.2 Å². The van der Waals surface area contributed by atoms with Crippen molar-refractivity contribution in [1.82, 2.24) is 9.97 Å². The highest BCUT2D eigenvalue weighted by atomic mass is 32.2. The molecule has 0 unspecified atom stereocenters. The van der Waals surface area contributed by atoms with Gasteiger partial charge in [-0.2, -0.15) is 0 Å². The van der Waals surface area contributed by atoms with E-state index in [2.05, 4.69) is 15.3 Å². The maximum Gasteiger partial charge on any atom is 0.350 e. The Hall–Kier alpha value is -2.85. The number of aromatic nitrogens is 2. The Morgan fingerprint density at radius 3 is 2.72 bits per heavy atom. The van der Waals surface area contributed by atoms with Crippen molar-refractivity contribution in [2.45, 2.75) is 18.9 Å². The van der Waals surface area contributed by atoms with Crippen molar-refractivity contribution in [2.24, 2.45) is 0 Å². The second-order valence-electron chi connectivity index (χ2n) is 6.27. The molecular weight excluding hydrogens is 414 g/mol. The fourth-order valence-corrected chi connectivity index (χ4v) is 4.51. The van der Waals surface area contributed by atoms with Gasteiger partial charge in [-0.05, 0) is 31.5 Å². The van der Waals surface area contributed by atoms with Crippen LogP contribution in [0.5, 0.6) is 11.5 Å². The zero-order valence-corrected chi connectivity index (χ0v) is 17.5. The summed E-state index contributed by atoms with van der Waals surface area (Å²) in [5.41, 5.74) is 2.27. The van der Waals surface area contributed by atoms with E-state index in [9.17, 15) is 9.59 Å². The fraction of sp³-hybridized carbons (Fsp3) is 0.263. The summed E-state index contributed by atoms with van der Waals surface area (Å²) in [4.78, 5) is 33.2. The number of benzene rings is 1. The van der Waals surface area contributed by atoms with Gasteiger partial charge in [0.1, 0.15) is 9.90 Å². The highest BCUT2D eigenvalue weighted by Gasteiger charge is 2.18. The summed E-state index contributed by atoms with van der Waals surface area (Å²) < 4.78 is 15.5. The Labute approximate surface area is 174 Å². The largest absolute Gasteiger partial charge is 0.465 e. The van der Waals surface area contributed by atoms with Gasteiger partial charge in [0.2, 0.25) is 12.7 Å². The zero-order valence-electron chi connectivity index (χ0n) is 15.9. The molecule has 4 rings (SSSR count). The van der Waals surface area contributed by atoms with Crippen molar-refractivity contribution in [1.29, 1.82) is 0 Å². The van der Waals surface area contributed by atoms with E-state index in [1.54, 1.807) is 6.92 Å². The molecule has 0 saturated heterocycles. The molecule has 3 heterocycles. The van der Waals surface area contributed by atoms with E-state index in [1.165, 1.54) is 18.9 Å². The van der Waals surface area contributed by atoms with E-state index >= 15 is 0 Å². The summed E-state index contributed by atoms with van der Waals surface area (Å²) in [6, 6.07) is 5.76. The lowest BCUT2D eigenvalue weighted by atomic mass is 10.1. The normalized spacial score (nSPS) is 12.2. The third-order valence-electron chi connectivity index (χ3n) is 4.21. The number of carbonyl (C=O) groups is 2. The molecule has 0 fully saturated rings. The molecule has 0 aliphatic carbocycles. The van der Waals surface area contributed by atoms with Crippen molar-refractivity contribution in [3.05, 3.63) is 34.3 Å². The first kappa shape index (κ1) is 19.5. The number of hydrogen-bond donors (Lipinski definition) is 1. The summed E-state index contributed by atoms with van der Waals surface area (Å²) in [5.74, 6) is 0.848. The van der Waals surface area contributed by atoms with Gasteiger partial charge in [-0.15, -0.1) is 0 Å². The monoisotopic (exact) mass is 431 g/mol. The summed E-state index contributed by atoms with van der Waals surface area (Å²) >= 11 is 2.42. The minimum atomic E-state index is -0.466. The van der Waals surface area contributed by atoms with Crippen molar-refractivity contribution < 1.29 is 23.8 Å². The first-order chi connectivity index (χ1) is 13.9. The van der Waals surface area contributed by atoms with Crippen LogP contribution in [0.15, 0.2) is 23.2 Å². The number of anilines is 1. The second kappa shape index (κ2) is 7.88.